The fourth-order valence-electron chi connectivity index (χ4n) is 1.27. The van der Waals surface area contributed by atoms with E-state index in [-0.39, 0.29) is 10.8 Å². The molecule has 3 heteroatoms. The summed E-state index contributed by atoms with van der Waals surface area (Å²) in [6.45, 7) is 3.88. The Balaban J connectivity index is 2.46. The molecule has 0 bridgehead atoms. The molecule has 0 saturated carbocycles. The molecule has 0 aliphatic heterocycles. The molecule has 0 amide bonds. The number of rotatable bonds is 5. The summed E-state index contributed by atoms with van der Waals surface area (Å²) in [5.74, 6) is -0.285. The zero-order valence-corrected chi connectivity index (χ0v) is 9.07. The maximum atomic E-state index is 13.4. The predicted octanol–water partition coefficient (Wildman–Crippen LogP) is 3.02. The van der Waals surface area contributed by atoms with Gasteiger partial charge >= 0.3 is 0 Å². The van der Waals surface area contributed by atoms with Gasteiger partial charge in [0.15, 0.2) is 0 Å². The van der Waals surface area contributed by atoms with E-state index in [4.69, 9.17) is 11.6 Å². The third-order valence-corrected chi connectivity index (χ3v) is 2.32. The lowest BCUT2D eigenvalue weighted by Gasteiger charge is -2.05. The van der Waals surface area contributed by atoms with Crippen molar-refractivity contribution in [1.82, 2.24) is 5.32 Å². The molecule has 0 fully saturated rings. The van der Waals surface area contributed by atoms with Gasteiger partial charge in [-0.3, -0.25) is 0 Å². The molecule has 0 saturated heterocycles. The average Bonchev–Trinajstić information content (AvgIpc) is 2.19. The Bertz CT molecular complexity index is 289. The SMILES string of the molecule is CCCNCCc1cccc(Cl)c1F. The van der Waals surface area contributed by atoms with Crippen LogP contribution in [0.25, 0.3) is 0 Å². The average molecular weight is 216 g/mol. The minimum Gasteiger partial charge on any atom is -0.316 e. The van der Waals surface area contributed by atoms with Gasteiger partial charge < -0.3 is 5.32 Å². The molecule has 78 valence electrons. The van der Waals surface area contributed by atoms with Gasteiger partial charge in [0.1, 0.15) is 5.82 Å². The molecule has 0 heterocycles. The van der Waals surface area contributed by atoms with E-state index in [1.807, 2.05) is 0 Å². The second-order valence-electron chi connectivity index (χ2n) is 3.21. The van der Waals surface area contributed by atoms with Crippen molar-refractivity contribution in [2.45, 2.75) is 19.8 Å². The van der Waals surface area contributed by atoms with Crippen LogP contribution >= 0.6 is 11.6 Å². The third kappa shape index (κ3) is 3.28. The Morgan fingerprint density at radius 2 is 2.14 bits per heavy atom. The van der Waals surface area contributed by atoms with Gasteiger partial charge in [-0.1, -0.05) is 30.7 Å². The first-order chi connectivity index (χ1) is 6.75. The van der Waals surface area contributed by atoms with Gasteiger partial charge in [-0.05, 0) is 37.6 Å². The van der Waals surface area contributed by atoms with Gasteiger partial charge in [-0.15, -0.1) is 0 Å². The first kappa shape index (κ1) is 11.5. The molecule has 1 aromatic rings. The van der Waals surface area contributed by atoms with E-state index in [1.165, 1.54) is 0 Å². The largest absolute Gasteiger partial charge is 0.316 e. The van der Waals surface area contributed by atoms with Crippen LogP contribution in [0.1, 0.15) is 18.9 Å². The summed E-state index contributed by atoms with van der Waals surface area (Å²) < 4.78 is 13.4. The van der Waals surface area contributed by atoms with Gasteiger partial charge in [0.2, 0.25) is 0 Å². The highest BCUT2D eigenvalue weighted by Gasteiger charge is 2.04. The Kier molecular flexibility index (Phi) is 4.91. The highest BCUT2D eigenvalue weighted by atomic mass is 35.5. The minimum absolute atomic E-state index is 0.206. The van der Waals surface area contributed by atoms with E-state index < -0.39 is 0 Å². The van der Waals surface area contributed by atoms with Crippen molar-refractivity contribution in [3.63, 3.8) is 0 Å². The topological polar surface area (TPSA) is 12.0 Å². The Morgan fingerprint density at radius 1 is 1.36 bits per heavy atom. The first-order valence-electron chi connectivity index (χ1n) is 4.89. The quantitative estimate of drug-likeness (QED) is 0.745. The van der Waals surface area contributed by atoms with E-state index in [1.54, 1.807) is 18.2 Å². The normalized spacial score (nSPS) is 10.5. The fraction of sp³-hybridized carbons (Fsp3) is 0.455. The summed E-state index contributed by atoms with van der Waals surface area (Å²) in [6.07, 6.45) is 1.78. The van der Waals surface area contributed by atoms with Crippen molar-refractivity contribution in [3.05, 3.63) is 34.6 Å². The molecule has 0 aliphatic rings. The van der Waals surface area contributed by atoms with Crippen LogP contribution < -0.4 is 5.32 Å². The Hall–Kier alpha value is -0.600. The van der Waals surface area contributed by atoms with E-state index in [0.717, 1.165) is 19.5 Å². The monoisotopic (exact) mass is 215 g/mol. The molecule has 14 heavy (non-hydrogen) atoms. The number of benzene rings is 1. The molecule has 1 N–H and O–H groups in total. The summed E-state index contributed by atoms with van der Waals surface area (Å²) in [7, 11) is 0. The molecule has 0 atom stereocenters. The first-order valence-corrected chi connectivity index (χ1v) is 5.27. The van der Waals surface area contributed by atoms with Crippen LogP contribution in [0, 0.1) is 5.82 Å². The van der Waals surface area contributed by atoms with E-state index in [2.05, 4.69) is 12.2 Å². The molecular weight excluding hydrogens is 201 g/mol. The maximum absolute atomic E-state index is 13.4. The van der Waals surface area contributed by atoms with E-state index in [9.17, 15) is 4.39 Å². The van der Waals surface area contributed by atoms with Crippen LogP contribution in [-0.2, 0) is 6.42 Å². The lowest BCUT2D eigenvalue weighted by Crippen LogP contribution is -2.18. The third-order valence-electron chi connectivity index (χ3n) is 2.03. The number of nitrogens with one attached hydrogen (secondary N) is 1. The lowest BCUT2D eigenvalue weighted by atomic mass is 10.1. The highest BCUT2D eigenvalue weighted by molar-refractivity contribution is 6.30. The van der Waals surface area contributed by atoms with Crippen molar-refractivity contribution in [2.75, 3.05) is 13.1 Å². The molecule has 0 spiro atoms. The highest BCUT2D eigenvalue weighted by Crippen LogP contribution is 2.17. The van der Waals surface area contributed by atoms with Crippen molar-refractivity contribution in [3.8, 4) is 0 Å². The number of halogens is 2. The van der Waals surface area contributed by atoms with E-state index >= 15 is 0 Å². The van der Waals surface area contributed by atoms with Crippen LogP contribution in [0.5, 0.6) is 0 Å². The van der Waals surface area contributed by atoms with Crippen LogP contribution in [0.4, 0.5) is 4.39 Å². The molecule has 0 aromatic heterocycles. The summed E-state index contributed by atoms with van der Waals surface area (Å²) >= 11 is 5.66. The van der Waals surface area contributed by atoms with Crippen molar-refractivity contribution in [1.29, 1.82) is 0 Å². The summed E-state index contributed by atoms with van der Waals surface area (Å²) in [6, 6.07) is 5.12. The molecule has 0 unspecified atom stereocenters. The zero-order valence-electron chi connectivity index (χ0n) is 8.32. The van der Waals surface area contributed by atoms with Crippen molar-refractivity contribution < 1.29 is 4.39 Å². The van der Waals surface area contributed by atoms with Crippen LogP contribution in [0.2, 0.25) is 5.02 Å². The molecule has 0 radical (unpaired) electrons. The molecule has 1 nitrogen and oxygen atoms in total. The Labute approximate surface area is 89.3 Å². The van der Waals surface area contributed by atoms with Gasteiger partial charge in [-0.2, -0.15) is 0 Å². The van der Waals surface area contributed by atoms with E-state index in [0.29, 0.717) is 12.0 Å². The maximum Gasteiger partial charge on any atom is 0.145 e. The van der Waals surface area contributed by atoms with Gasteiger partial charge in [0.05, 0.1) is 5.02 Å². The van der Waals surface area contributed by atoms with Crippen molar-refractivity contribution in [2.24, 2.45) is 0 Å². The van der Waals surface area contributed by atoms with Gasteiger partial charge in [0, 0.05) is 0 Å². The smallest absolute Gasteiger partial charge is 0.145 e. The van der Waals surface area contributed by atoms with Gasteiger partial charge in [-0.25, -0.2) is 4.39 Å². The predicted molar refractivity (Wildman–Crippen MR) is 58.3 cm³/mol. The minimum atomic E-state index is -0.285. The standard InChI is InChI=1S/C11H15ClFN/c1-2-7-14-8-6-9-4-3-5-10(12)11(9)13/h3-5,14H,2,6-8H2,1H3. The van der Waals surface area contributed by atoms with Crippen LogP contribution in [0.15, 0.2) is 18.2 Å². The van der Waals surface area contributed by atoms with Crippen LogP contribution in [0.3, 0.4) is 0 Å². The number of hydrogen-bond donors (Lipinski definition) is 1. The van der Waals surface area contributed by atoms with Gasteiger partial charge in [0.25, 0.3) is 0 Å². The number of hydrogen-bond acceptors (Lipinski definition) is 1. The Morgan fingerprint density at radius 3 is 2.86 bits per heavy atom. The molecular formula is C11H15ClFN. The fourth-order valence-corrected chi connectivity index (χ4v) is 1.46. The summed E-state index contributed by atoms with van der Waals surface area (Å²) in [5.41, 5.74) is 0.682. The summed E-state index contributed by atoms with van der Waals surface area (Å²) in [5, 5.41) is 3.43. The zero-order chi connectivity index (χ0) is 10.4. The second-order valence-corrected chi connectivity index (χ2v) is 3.62. The second kappa shape index (κ2) is 5.99. The molecule has 1 aromatic carbocycles. The molecule has 0 aliphatic carbocycles. The lowest BCUT2D eigenvalue weighted by molar-refractivity contribution is 0.597. The van der Waals surface area contributed by atoms with Crippen LogP contribution in [-0.4, -0.2) is 13.1 Å². The summed E-state index contributed by atoms with van der Waals surface area (Å²) in [4.78, 5) is 0. The molecule has 1 rings (SSSR count). The van der Waals surface area contributed by atoms with Crippen molar-refractivity contribution >= 4 is 11.6 Å².